The zero-order valence-electron chi connectivity index (χ0n) is 25.2. The summed E-state index contributed by atoms with van der Waals surface area (Å²) in [4.78, 5) is 3.15. The summed E-state index contributed by atoms with van der Waals surface area (Å²) in [7, 11) is -2.74. The van der Waals surface area contributed by atoms with E-state index in [0.717, 1.165) is 10.9 Å². The van der Waals surface area contributed by atoms with Gasteiger partial charge in [0.15, 0.2) is 6.29 Å². The lowest BCUT2D eigenvalue weighted by molar-refractivity contribution is -0.240. The standard InChI is InChI=1S/C35H41N3O3Si/c1-25-26(2)33(37-38-36)34(39-23-27-20-21-28-14-12-13-15-29(28)22-27)41-32(25)24-40-42(35(3,4)5,30-16-8-6-9-17-30)31-18-10-7-11-19-31/h6-22,25-26,32-34H,23-24H2,1-5H3/t25-,26-,32?,33?,34?/m0/s1. The van der Waals surface area contributed by atoms with Crippen LogP contribution in [-0.4, -0.2) is 33.4 Å². The number of rotatable bonds is 9. The summed E-state index contributed by atoms with van der Waals surface area (Å²) in [5.41, 5.74) is 10.4. The number of hydrogen-bond acceptors (Lipinski definition) is 4. The predicted octanol–water partition coefficient (Wildman–Crippen LogP) is 7.61. The summed E-state index contributed by atoms with van der Waals surface area (Å²) in [5.74, 6) is 0.142. The van der Waals surface area contributed by atoms with Gasteiger partial charge in [0.05, 0.1) is 25.4 Å². The van der Waals surface area contributed by atoms with Gasteiger partial charge in [-0.1, -0.05) is 137 Å². The average Bonchev–Trinajstić information content (AvgIpc) is 3.00. The Bertz CT molecular complexity index is 1480. The van der Waals surface area contributed by atoms with E-state index in [1.54, 1.807) is 0 Å². The monoisotopic (exact) mass is 579 g/mol. The Hall–Kier alpha value is -3.45. The van der Waals surface area contributed by atoms with Crippen LogP contribution >= 0.6 is 0 Å². The molecule has 1 heterocycles. The average molecular weight is 580 g/mol. The highest BCUT2D eigenvalue weighted by atomic mass is 28.4. The zero-order valence-corrected chi connectivity index (χ0v) is 26.2. The molecule has 1 saturated heterocycles. The number of azide groups is 1. The molecule has 0 spiro atoms. The molecular weight excluding hydrogens is 538 g/mol. The third kappa shape index (κ3) is 6.03. The van der Waals surface area contributed by atoms with Crippen LogP contribution in [-0.2, 0) is 20.5 Å². The highest BCUT2D eigenvalue weighted by Crippen LogP contribution is 2.39. The van der Waals surface area contributed by atoms with Crippen LogP contribution in [0.3, 0.4) is 0 Å². The summed E-state index contributed by atoms with van der Waals surface area (Å²) in [6.07, 6.45) is -0.903. The summed E-state index contributed by atoms with van der Waals surface area (Å²) in [6.45, 7) is 11.9. The fourth-order valence-corrected chi connectivity index (χ4v) is 10.9. The smallest absolute Gasteiger partial charge is 0.261 e. The molecule has 4 aromatic carbocycles. The molecular formula is C35H41N3O3Si. The lowest BCUT2D eigenvalue weighted by Gasteiger charge is -2.47. The van der Waals surface area contributed by atoms with Crippen LogP contribution in [0.15, 0.2) is 108 Å². The first kappa shape index (κ1) is 30.0. The Balaban J connectivity index is 1.42. The molecule has 1 aliphatic heterocycles. The maximum Gasteiger partial charge on any atom is 0.261 e. The Morgan fingerprint density at radius 1 is 0.810 bits per heavy atom. The van der Waals surface area contributed by atoms with Crippen molar-refractivity contribution in [1.29, 1.82) is 0 Å². The number of ether oxygens (including phenoxy) is 2. The molecule has 3 unspecified atom stereocenters. The molecule has 0 radical (unpaired) electrons. The first-order valence-electron chi connectivity index (χ1n) is 14.8. The second-order valence-corrected chi connectivity index (χ2v) is 16.7. The molecule has 218 valence electrons. The van der Waals surface area contributed by atoms with E-state index in [0.29, 0.717) is 13.2 Å². The minimum Gasteiger partial charge on any atom is -0.405 e. The number of fused-ring (bicyclic) bond motifs is 1. The van der Waals surface area contributed by atoms with Crippen LogP contribution in [0.4, 0.5) is 0 Å². The van der Waals surface area contributed by atoms with Gasteiger partial charge in [-0.2, -0.15) is 0 Å². The van der Waals surface area contributed by atoms with E-state index in [9.17, 15) is 5.53 Å². The lowest BCUT2D eigenvalue weighted by Crippen LogP contribution is -2.67. The molecule has 42 heavy (non-hydrogen) atoms. The van der Waals surface area contributed by atoms with Crippen molar-refractivity contribution in [3.8, 4) is 0 Å². The Labute approximate surface area is 250 Å². The molecule has 0 amide bonds. The molecule has 7 heteroatoms. The molecule has 6 nitrogen and oxygen atoms in total. The van der Waals surface area contributed by atoms with E-state index >= 15 is 0 Å². The molecule has 0 aromatic heterocycles. The van der Waals surface area contributed by atoms with E-state index < -0.39 is 20.6 Å². The van der Waals surface area contributed by atoms with Crippen LogP contribution in [0.5, 0.6) is 0 Å². The number of benzene rings is 4. The van der Waals surface area contributed by atoms with Gasteiger partial charge < -0.3 is 13.9 Å². The van der Waals surface area contributed by atoms with E-state index in [2.05, 4.69) is 136 Å². The second-order valence-electron chi connectivity index (χ2n) is 12.4. The Kier molecular flexibility index (Phi) is 9.16. The van der Waals surface area contributed by atoms with Crippen LogP contribution in [0.25, 0.3) is 21.2 Å². The topological polar surface area (TPSA) is 76.5 Å². The number of nitrogens with zero attached hydrogens (tertiary/aromatic N) is 3. The predicted molar refractivity (Wildman–Crippen MR) is 172 cm³/mol. The Morgan fingerprint density at radius 2 is 1.40 bits per heavy atom. The van der Waals surface area contributed by atoms with Gasteiger partial charge >= 0.3 is 0 Å². The van der Waals surface area contributed by atoms with Crippen LogP contribution in [0.1, 0.15) is 40.2 Å². The molecule has 0 aliphatic carbocycles. The van der Waals surface area contributed by atoms with Gasteiger partial charge in [-0.05, 0) is 55.2 Å². The maximum atomic E-state index is 9.39. The zero-order chi connectivity index (χ0) is 29.7. The van der Waals surface area contributed by atoms with Crippen LogP contribution in [0, 0.1) is 11.8 Å². The van der Waals surface area contributed by atoms with Gasteiger partial charge in [-0.25, -0.2) is 0 Å². The fraction of sp³-hybridized carbons (Fsp3) is 0.371. The van der Waals surface area contributed by atoms with E-state index in [-0.39, 0.29) is 23.0 Å². The normalized spacial score (nSPS) is 22.9. The summed E-state index contributed by atoms with van der Waals surface area (Å²) >= 11 is 0. The minimum atomic E-state index is -2.74. The van der Waals surface area contributed by atoms with Crippen molar-refractivity contribution in [1.82, 2.24) is 0 Å². The highest BCUT2D eigenvalue weighted by molar-refractivity contribution is 6.99. The first-order chi connectivity index (χ1) is 20.2. The largest absolute Gasteiger partial charge is 0.405 e. The third-order valence-corrected chi connectivity index (χ3v) is 13.8. The van der Waals surface area contributed by atoms with Crippen LogP contribution in [0.2, 0.25) is 5.04 Å². The van der Waals surface area contributed by atoms with Crippen molar-refractivity contribution in [2.45, 2.75) is 64.7 Å². The molecule has 5 atom stereocenters. The number of hydrogen-bond donors (Lipinski definition) is 0. The van der Waals surface area contributed by atoms with Gasteiger partial charge in [0.25, 0.3) is 8.32 Å². The van der Waals surface area contributed by atoms with Crippen molar-refractivity contribution in [3.63, 3.8) is 0 Å². The Morgan fingerprint density at radius 3 is 2.00 bits per heavy atom. The molecule has 5 rings (SSSR count). The van der Waals surface area contributed by atoms with Gasteiger partial charge in [-0.3, -0.25) is 0 Å². The SMILES string of the molecule is C[C@@H]1C(CO[Si](c2ccccc2)(c2ccccc2)C(C)(C)C)OC(OCc2ccc3ccccc3c2)C(N=[N+]=[N-])[C@H]1C. The highest BCUT2D eigenvalue weighted by Gasteiger charge is 2.51. The van der Waals surface area contributed by atoms with E-state index in [1.807, 2.05) is 12.1 Å². The van der Waals surface area contributed by atoms with Gasteiger partial charge in [0, 0.05) is 4.91 Å². The fourth-order valence-electron chi connectivity index (χ4n) is 6.30. The molecule has 1 aliphatic rings. The van der Waals surface area contributed by atoms with Crippen LogP contribution < -0.4 is 10.4 Å². The maximum absolute atomic E-state index is 9.39. The molecule has 0 bridgehead atoms. The molecule has 1 fully saturated rings. The van der Waals surface area contributed by atoms with Crippen molar-refractivity contribution in [2.75, 3.05) is 6.61 Å². The first-order valence-corrected chi connectivity index (χ1v) is 16.7. The molecule has 4 aromatic rings. The van der Waals surface area contributed by atoms with Crippen molar-refractivity contribution >= 4 is 29.5 Å². The van der Waals surface area contributed by atoms with Crippen molar-refractivity contribution in [3.05, 3.63) is 119 Å². The quantitative estimate of drug-likeness (QED) is 0.0886. The lowest BCUT2D eigenvalue weighted by atomic mass is 9.82. The van der Waals surface area contributed by atoms with Crippen molar-refractivity contribution in [2.24, 2.45) is 17.0 Å². The third-order valence-electron chi connectivity index (χ3n) is 8.84. The summed E-state index contributed by atoms with van der Waals surface area (Å²) < 4.78 is 20.2. The van der Waals surface area contributed by atoms with E-state index in [4.69, 9.17) is 13.9 Å². The molecule has 0 saturated carbocycles. The van der Waals surface area contributed by atoms with Gasteiger partial charge in [0.2, 0.25) is 0 Å². The summed E-state index contributed by atoms with van der Waals surface area (Å²) in [5, 5.41) is 8.81. The van der Waals surface area contributed by atoms with Gasteiger partial charge in [-0.15, -0.1) is 0 Å². The van der Waals surface area contributed by atoms with Crippen molar-refractivity contribution < 1.29 is 13.9 Å². The van der Waals surface area contributed by atoms with E-state index in [1.165, 1.54) is 15.8 Å². The molecule has 0 N–H and O–H groups in total. The van der Waals surface area contributed by atoms with Gasteiger partial charge in [0.1, 0.15) is 0 Å². The minimum absolute atomic E-state index is 0.0454. The summed E-state index contributed by atoms with van der Waals surface area (Å²) in [6, 6.07) is 35.4. The second kappa shape index (κ2) is 12.8.